The van der Waals surface area contributed by atoms with Crippen molar-refractivity contribution in [2.75, 3.05) is 14.1 Å². The average Bonchev–Trinajstić information content (AvgIpc) is 2.57. The zero-order chi connectivity index (χ0) is 15.4. The summed E-state index contributed by atoms with van der Waals surface area (Å²) < 4.78 is 0. The van der Waals surface area contributed by atoms with Crippen LogP contribution in [0.1, 0.15) is 63.0 Å². The van der Waals surface area contributed by atoms with Gasteiger partial charge >= 0.3 is 0 Å². The molecule has 2 aliphatic rings. The Morgan fingerprint density at radius 2 is 1.59 bits per heavy atom. The van der Waals surface area contributed by atoms with Gasteiger partial charge in [0.1, 0.15) is 0 Å². The van der Waals surface area contributed by atoms with Crippen molar-refractivity contribution in [3.63, 3.8) is 0 Å². The molecule has 1 aromatic carbocycles. The second-order valence-electron chi connectivity index (χ2n) is 6.96. The van der Waals surface area contributed by atoms with Crippen molar-refractivity contribution >= 4 is 0 Å². The predicted octanol–water partition coefficient (Wildman–Crippen LogP) is 5.66. The van der Waals surface area contributed by atoms with Crippen LogP contribution in [0.25, 0.3) is 0 Å². The van der Waals surface area contributed by atoms with Crippen molar-refractivity contribution in [1.82, 2.24) is 4.90 Å². The molecule has 1 aromatic rings. The first-order valence-corrected chi connectivity index (χ1v) is 8.90. The zero-order valence-electron chi connectivity index (χ0n) is 14.1. The summed E-state index contributed by atoms with van der Waals surface area (Å²) in [5.74, 6) is 0. The van der Waals surface area contributed by atoms with E-state index in [2.05, 4.69) is 55.4 Å². The summed E-state index contributed by atoms with van der Waals surface area (Å²) in [6, 6.07) is 11.5. The summed E-state index contributed by atoms with van der Waals surface area (Å²) in [6.07, 6.45) is 13.1. The molecular formula is C21H29N. The van der Waals surface area contributed by atoms with Crippen molar-refractivity contribution in [3.8, 4) is 0 Å². The van der Waals surface area contributed by atoms with Gasteiger partial charge in [0.2, 0.25) is 0 Å². The summed E-state index contributed by atoms with van der Waals surface area (Å²) in [4.78, 5) is 2.40. The normalized spacial score (nSPS) is 21.0. The Kier molecular flexibility index (Phi) is 5.15. The molecule has 0 heterocycles. The van der Waals surface area contributed by atoms with Crippen LogP contribution >= 0.6 is 0 Å². The van der Waals surface area contributed by atoms with E-state index in [0.29, 0.717) is 6.04 Å². The summed E-state index contributed by atoms with van der Waals surface area (Å²) in [6.45, 7) is 0. The van der Waals surface area contributed by atoms with Crippen molar-refractivity contribution < 1.29 is 0 Å². The molecule has 2 aliphatic carbocycles. The maximum Gasteiger partial charge on any atom is 0.0562 e. The van der Waals surface area contributed by atoms with Crippen molar-refractivity contribution in [1.29, 1.82) is 0 Å². The molecule has 0 bridgehead atoms. The van der Waals surface area contributed by atoms with E-state index >= 15 is 0 Å². The molecule has 1 unspecified atom stereocenters. The zero-order valence-corrected chi connectivity index (χ0v) is 14.1. The summed E-state index contributed by atoms with van der Waals surface area (Å²) in [5, 5.41) is 0. The minimum atomic E-state index is 0.444. The van der Waals surface area contributed by atoms with Crippen molar-refractivity contribution in [3.05, 3.63) is 58.7 Å². The lowest BCUT2D eigenvalue weighted by atomic mass is 9.79. The molecule has 118 valence electrons. The molecule has 0 aromatic heterocycles. The quantitative estimate of drug-likeness (QED) is 0.692. The molecule has 0 aliphatic heterocycles. The molecule has 0 radical (unpaired) electrons. The standard InChI is InChI=1S/C21H29N/c1-22(2)21(18-13-7-4-8-14-18)20-16-10-9-15-19(20)17-11-5-3-6-12-17/h4,7-8,11,13-14,21H,3,5-6,9-10,12,15-16H2,1-2H3. The molecule has 0 spiro atoms. The van der Waals surface area contributed by atoms with E-state index in [1.54, 1.807) is 16.7 Å². The number of allylic oxidation sites excluding steroid dienone is 3. The van der Waals surface area contributed by atoms with Crippen LogP contribution in [0.15, 0.2) is 53.1 Å². The van der Waals surface area contributed by atoms with Gasteiger partial charge in [0.05, 0.1) is 6.04 Å². The highest BCUT2D eigenvalue weighted by Gasteiger charge is 2.26. The van der Waals surface area contributed by atoms with Crippen LogP contribution in [0.2, 0.25) is 0 Å². The monoisotopic (exact) mass is 295 g/mol. The molecule has 22 heavy (non-hydrogen) atoms. The van der Waals surface area contributed by atoms with E-state index in [0.717, 1.165) is 0 Å². The van der Waals surface area contributed by atoms with E-state index in [-0.39, 0.29) is 0 Å². The fourth-order valence-electron chi connectivity index (χ4n) is 4.16. The van der Waals surface area contributed by atoms with Gasteiger partial charge in [0.15, 0.2) is 0 Å². The van der Waals surface area contributed by atoms with Crippen LogP contribution in [0.4, 0.5) is 0 Å². The maximum atomic E-state index is 2.53. The first-order valence-electron chi connectivity index (χ1n) is 8.90. The molecule has 0 amide bonds. The van der Waals surface area contributed by atoms with Gasteiger partial charge in [-0.2, -0.15) is 0 Å². The second kappa shape index (κ2) is 7.28. The predicted molar refractivity (Wildman–Crippen MR) is 94.9 cm³/mol. The molecule has 0 saturated heterocycles. The number of hydrogen-bond acceptors (Lipinski definition) is 1. The Morgan fingerprint density at radius 1 is 0.864 bits per heavy atom. The van der Waals surface area contributed by atoms with Gasteiger partial charge in [-0.1, -0.05) is 36.4 Å². The molecule has 1 atom stereocenters. The number of nitrogens with zero attached hydrogens (tertiary/aromatic N) is 1. The third kappa shape index (κ3) is 3.35. The highest BCUT2D eigenvalue weighted by molar-refractivity contribution is 5.42. The molecule has 0 saturated carbocycles. The SMILES string of the molecule is CN(C)C(C1=C(C2=CCCCC2)CCCC1)c1ccccc1. The van der Waals surface area contributed by atoms with Crippen molar-refractivity contribution in [2.24, 2.45) is 0 Å². The van der Waals surface area contributed by atoms with Gasteiger partial charge < -0.3 is 0 Å². The summed E-state index contributed by atoms with van der Waals surface area (Å²) in [5.41, 5.74) is 6.51. The lowest BCUT2D eigenvalue weighted by molar-refractivity contribution is 0.324. The number of hydrogen-bond donors (Lipinski definition) is 0. The highest BCUT2D eigenvalue weighted by Crippen LogP contribution is 2.41. The lowest BCUT2D eigenvalue weighted by Crippen LogP contribution is -2.24. The molecule has 3 rings (SSSR count). The van der Waals surface area contributed by atoms with Crippen LogP contribution < -0.4 is 0 Å². The Labute approximate surface area is 135 Å². The van der Waals surface area contributed by atoms with Crippen LogP contribution in [0.5, 0.6) is 0 Å². The number of benzene rings is 1. The second-order valence-corrected chi connectivity index (χ2v) is 6.96. The first kappa shape index (κ1) is 15.6. The smallest absolute Gasteiger partial charge is 0.0562 e. The van der Waals surface area contributed by atoms with Crippen LogP contribution in [0, 0.1) is 0 Å². The summed E-state index contributed by atoms with van der Waals surface area (Å²) >= 11 is 0. The minimum Gasteiger partial charge on any atom is -0.299 e. The molecule has 0 fully saturated rings. The fourth-order valence-corrected chi connectivity index (χ4v) is 4.16. The third-order valence-corrected chi connectivity index (χ3v) is 5.15. The highest BCUT2D eigenvalue weighted by atomic mass is 15.1. The van der Waals surface area contributed by atoms with Gasteiger partial charge in [-0.25, -0.2) is 0 Å². The molecule has 1 nitrogen and oxygen atoms in total. The van der Waals surface area contributed by atoms with E-state index in [1.807, 2.05) is 0 Å². The Balaban J connectivity index is 2.02. The maximum absolute atomic E-state index is 2.53. The molecular weight excluding hydrogens is 266 g/mol. The number of rotatable bonds is 4. The Hall–Kier alpha value is -1.34. The summed E-state index contributed by atoms with van der Waals surface area (Å²) in [7, 11) is 4.46. The van der Waals surface area contributed by atoms with E-state index < -0.39 is 0 Å². The van der Waals surface area contributed by atoms with Gasteiger partial charge in [-0.05, 0) is 87.7 Å². The Bertz CT molecular complexity index is 551. The van der Waals surface area contributed by atoms with E-state index in [1.165, 1.54) is 56.9 Å². The topological polar surface area (TPSA) is 3.24 Å². The molecule has 0 N–H and O–H groups in total. The van der Waals surface area contributed by atoms with Crippen LogP contribution in [-0.2, 0) is 0 Å². The molecule has 1 heteroatoms. The van der Waals surface area contributed by atoms with Crippen LogP contribution in [0.3, 0.4) is 0 Å². The van der Waals surface area contributed by atoms with Gasteiger partial charge in [-0.3, -0.25) is 4.90 Å². The van der Waals surface area contributed by atoms with Crippen LogP contribution in [-0.4, -0.2) is 19.0 Å². The van der Waals surface area contributed by atoms with E-state index in [9.17, 15) is 0 Å². The number of likely N-dealkylation sites (N-methyl/N-ethyl adjacent to an activating group) is 1. The van der Waals surface area contributed by atoms with Gasteiger partial charge in [0, 0.05) is 0 Å². The largest absolute Gasteiger partial charge is 0.299 e. The fraction of sp³-hybridized carbons (Fsp3) is 0.524. The Morgan fingerprint density at radius 3 is 2.27 bits per heavy atom. The third-order valence-electron chi connectivity index (χ3n) is 5.15. The van der Waals surface area contributed by atoms with E-state index in [4.69, 9.17) is 0 Å². The van der Waals surface area contributed by atoms with Crippen molar-refractivity contribution in [2.45, 2.75) is 57.4 Å². The average molecular weight is 295 g/mol. The van der Waals surface area contributed by atoms with Gasteiger partial charge in [0.25, 0.3) is 0 Å². The van der Waals surface area contributed by atoms with Gasteiger partial charge in [-0.15, -0.1) is 0 Å². The minimum absolute atomic E-state index is 0.444. The first-order chi connectivity index (χ1) is 10.8. The lowest BCUT2D eigenvalue weighted by Gasteiger charge is -2.34.